The number of aromatic nitrogens is 1. The first-order chi connectivity index (χ1) is 13.3. The maximum absolute atomic E-state index is 12.4. The molecule has 0 atom stereocenters. The molecule has 1 aliphatic carbocycles. The second kappa shape index (κ2) is 6.85. The highest BCUT2D eigenvalue weighted by atomic mass is 16.3. The minimum Gasteiger partial charge on any atom is -0.463 e. The lowest BCUT2D eigenvalue weighted by Gasteiger charge is -2.18. The van der Waals surface area contributed by atoms with Gasteiger partial charge < -0.3 is 9.40 Å². The summed E-state index contributed by atoms with van der Waals surface area (Å²) < 4.78 is 5.47. The van der Waals surface area contributed by atoms with E-state index in [2.05, 4.69) is 20.4 Å². The monoisotopic (exact) mass is 364 g/mol. The van der Waals surface area contributed by atoms with Gasteiger partial charge in [-0.2, -0.15) is 5.10 Å². The second-order valence-electron chi connectivity index (χ2n) is 7.60. The van der Waals surface area contributed by atoms with E-state index in [-0.39, 0.29) is 5.91 Å². The van der Waals surface area contributed by atoms with Crippen LogP contribution >= 0.6 is 0 Å². The quantitative estimate of drug-likeness (QED) is 0.819. The van der Waals surface area contributed by atoms with Crippen LogP contribution in [0.25, 0.3) is 6.08 Å². The molecular formula is C21H24N4O2. The summed E-state index contributed by atoms with van der Waals surface area (Å²) in [6.45, 7) is 3.28. The molecule has 6 heteroatoms. The fourth-order valence-electron chi connectivity index (χ4n) is 4.46. The van der Waals surface area contributed by atoms with Crippen molar-refractivity contribution < 1.29 is 9.21 Å². The number of likely N-dealkylation sites (tertiary alicyclic amines) is 1. The first kappa shape index (κ1) is 16.6. The molecule has 0 aromatic carbocycles. The molecule has 27 heavy (non-hydrogen) atoms. The first-order valence-electron chi connectivity index (χ1n) is 9.88. The molecule has 1 fully saturated rings. The van der Waals surface area contributed by atoms with Crippen molar-refractivity contribution in [3.63, 3.8) is 0 Å². The van der Waals surface area contributed by atoms with E-state index >= 15 is 0 Å². The van der Waals surface area contributed by atoms with Gasteiger partial charge in [0.05, 0.1) is 11.8 Å². The Kier molecular flexibility index (Phi) is 4.20. The number of aromatic amines is 1. The molecule has 0 bridgehead atoms. The van der Waals surface area contributed by atoms with Crippen LogP contribution in [0.5, 0.6) is 0 Å². The van der Waals surface area contributed by atoms with Crippen LogP contribution in [0.4, 0.5) is 0 Å². The first-order valence-corrected chi connectivity index (χ1v) is 9.88. The summed E-state index contributed by atoms with van der Waals surface area (Å²) in [7, 11) is 0. The minimum atomic E-state index is -0.180. The Morgan fingerprint density at radius 3 is 2.85 bits per heavy atom. The molecule has 6 nitrogen and oxygen atoms in total. The lowest BCUT2D eigenvalue weighted by atomic mass is 9.94. The van der Waals surface area contributed by atoms with Gasteiger partial charge in [0.1, 0.15) is 5.71 Å². The van der Waals surface area contributed by atoms with Crippen LogP contribution in [0, 0.1) is 0 Å². The Labute approximate surface area is 158 Å². The van der Waals surface area contributed by atoms with E-state index in [1.165, 1.54) is 42.5 Å². The van der Waals surface area contributed by atoms with Crippen LogP contribution < -0.4 is 5.43 Å². The molecule has 2 N–H and O–H groups in total. The number of rotatable bonds is 4. The summed E-state index contributed by atoms with van der Waals surface area (Å²) in [4.78, 5) is 18.6. The van der Waals surface area contributed by atoms with E-state index in [9.17, 15) is 4.79 Å². The molecule has 1 saturated heterocycles. The molecule has 1 amide bonds. The number of carbonyl (C=O) groups excluding carboxylic acids is 1. The standard InChI is InChI=1S/C21H24N4O2/c26-21-15(20(23-24-21)19-8-5-11-27-19)12-18-16(13-25-9-3-4-10-25)14-6-1-2-7-17(14)22-18/h5,8,11-12,22H,1-4,6-7,9-10,13H2,(H,24,26)/b15-12+. The van der Waals surface area contributed by atoms with E-state index in [1.807, 2.05) is 18.2 Å². The number of hydrazone groups is 1. The summed E-state index contributed by atoms with van der Waals surface area (Å²) in [5, 5.41) is 4.18. The van der Waals surface area contributed by atoms with Crippen LogP contribution in [0.15, 0.2) is 33.5 Å². The highest BCUT2D eigenvalue weighted by Crippen LogP contribution is 2.31. The van der Waals surface area contributed by atoms with Crippen molar-refractivity contribution in [2.24, 2.45) is 5.10 Å². The van der Waals surface area contributed by atoms with Crippen LogP contribution in [0.2, 0.25) is 0 Å². The van der Waals surface area contributed by atoms with Gasteiger partial charge in [-0.25, -0.2) is 5.43 Å². The van der Waals surface area contributed by atoms with E-state index < -0.39 is 0 Å². The third-order valence-corrected chi connectivity index (χ3v) is 5.84. The van der Waals surface area contributed by atoms with Crippen LogP contribution in [-0.4, -0.2) is 34.6 Å². The molecule has 0 radical (unpaired) electrons. The normalized spacial score (nSPS) is 21.6. The van der Waals surface area contributed by atoms with E-state index in [1.54, 1.807) is 6.26 Å². The number of nitrogens with zero attached hydrogens (tertiary/aromatic N) is 2. The fraction of sp³-hybridized carbons (Fsp3) is 0.429. The SMILES string of the molecule is O=C1NN=C(c2ccco2)/C1=C\c1[nH]c2c(c1CN1CCCC1)CCCC2. The summed E-state index contributed by atoms with van der Waals surface area (Å²) >= 11 is 0. The predicted molar refractivity (Wildman–Crippen MR) is 103 cm³/mol. The van der Waals surface area contributed by atoms with Gasteiger partial charge in [0.15, 0.2) is 5.76 Å². The lowest BCUT2D eigenvalue weighted by molar-refractivity contribution is -0.116. The molecule has 140 valence electrons. The van der Waals surface area contributed by atoms with Crippen molar-refractivity contribution in [3.05, 3.63) is 52.2 Å². The van der Waals surface area contributed by atoms with Gasteiger partial charge >= 0.3 is 0 Å². The molecule has 5 rings (SSSR count). The molecule has 0 unspecified atom stereocenters. The van der Waals surface area contributed by atoms with E-state index in [0.717, 1.165) is 38.2 Å². The summed E-state index contributed by atoms with van der Waals surface area (Å²) in [6.07, 6.45) is 10.8. The minimum absolute atomic E-state index is 0.180. The Balaban J connectivity index is 1.55. The number of hydrogen-bond acceptors (Lipinski definition) is 4. The maximum Gasteiger partial charge on any atom is 0.273 e. The number of aryl methyl sites for hydroxylation is 1. The number of amides is 1. The van der Waals surface area contributed by atoms with Gasteiger partial charge in [-0.1, -0.05) is 0 Å². The van der Waals surface area contributed by atoms with Crippen molar-refractivity contribution in [2.75, 3.05) is 13.1 Å². The van der Waals surface area contributed by atoms with Gasteiger partial charge in [-0.15, -0.1) is 0 Å². The summed E-state index contributed by atoms with van der Waals surface area (Å²) in [5.41, 5.74) is 8.94. The third-order valence-electron chi connectivity index (χ3n) is 5.84. The number of nitrogens with one attached hydrogen (secondary N) is 2. The number of hydrogen-bond donors (Lipinski definition) is 2. The highest BCUT2D eigenvalue weighted by Gasteiger charge is 2.28. The largest absolute Gasteiger partial charge is 0.463 e. The molecule has 3 aliphatic rings. The van der Waals surface area contributed by atoms with Crippen molar-refractivity contribution in [2.45, 2.75) is 45.1 Å². The van der Waals surface area contributed by atoms with Crippen molar-refractivity contribution in [3.8, 4) is 0 Å². The maximum atomic E-state index is 12.4. The molecule has 2 aliphatic heterocycles. The van der Waals surface area contributed by atoms with Crippen molar-refractivity contribution >= 4 is 17.7 Å². The lowest BCUT2D eigenvalue weighted by Crippen LogP contribution is -2.20. The fourth-order valence-corrected chi connectivity index (χ4v) is 4.46. The zero-order valence-corrected chi connectivity index (χ0v) is 15.4. The Morgan fingerprint density at radius 1 is 1.19 bits per heavy atom. The summed E-state index contributed by atoms with van der Waals surface area (Å²) in [5.74, 6) is 0.429. The van der Waals surface area contributed by atoms with Gasteiger partial charge in [-0.05, 0) is 81.0 Å². The second-order valence-corrected chi connectivity index (χ2v) is 7.60. The van der Waals surface area contributed by atoms with Gasteiger partial charge in [0.25, 0.3) is 5.91 Å². The number of furan rings is 1. The van der Waals surface area contributed by atoms with Gasteiger partial charge in [0, 0.05) is 17.9 Å². The zero-order chi connectivity index (χ0) is 18.2. The third kappa shape index (κ3) is 3.04. The number of H-pyrrole nitrogens is 1. The number of fused-ring (bicyclic) bond motifs is 1. The molecule has 2 aromatic rings. The molecule has 0 saturated carbocycles. The topological polar surface area (TPSA) is 73.6 Å². The predicted octanol–water partition coefficient (Wildman–Crippen LogP) is 3.00. The van der Waals surface area contributed by atoms with Crippen LogP contribution in [0.1, 0.15) is 54.0 Å². The number of carbonyl (C=O) groups is 1. The molecule has 4 heterocycles. The van der Waals surface area contributed by atoms with Crippen LogP contribution in [-0.2, 0) is 24.2 Å². The van der Waals surface area contributed by atoms with Crippen LogP contribution in [0.3, 0.4) is 0 Å². The average Bonchev–Trinajstić information content (AvgIpc) is 3.46. The Hall–Kier alpha value is -2.60. The zero-order valence-electron chi connectivity index (χ0n) is 15.4. The Morgan fingerprint density at radius 2 is 2.04 bits per heavy atom. The summed E-state index contributed by atoms with van der Waals surface area (Å²) in [6, 6.07) is 3.64. The molecule has 2 aromatic heterocycles. The Bertz CT molecular complexity index is 914. The van der Waals surface area contributed by atoms with Gasteiger partial charge in [0.2, 0.25) is 0 Å². The van der Waals surface area contributed by atoms with Crippen molar-refractivity contribution in [1.29, 1.82) is 0 Å². The average molecular weight is 364 g/mol. The van der Waals surface area contributed by atoms with E-state index in [4.69, 9.17) is 4.42 Å². The smallest absolute Gasteiger partial charge is 0.273 e. The van der Waals surface area contributed by atoms with E-state index in [0.29, 0.717) is 17.0 Å². The highest BCUT2D eigenvalue weighted by molar-refractivity contribution is 6.32. The molecule has 0 spiro atoms. The van der Waals surface area contributed by atoms with Gasteiger partial charge in [-0.3, -0.25) is 9.69 Å². The molecular weight excluding hydrogens is 340 g/mol. The van der Waals surface area contributed by atoms with Crippen molar-refractivity contribution in [1.82, 2.24) is 15.3 Å².